The molecule has 0 fully saturated rings. The highest BCUT2D eigenvalue weighted by Crippen LogP contribution is 2.32. The summed E-state index contributed by atoms with van der Waals surface area (Å²) in [7, 11) is 0. The first-order valence-electron chi connectivity index (χ1n) is 8.34. The molecule has 0 radical (unpaired) electrons. The van der Waals surface area contributed by atoms with Gasteiger partial charge in [-0.3, -0.25) is 5.41 Å². The van der Waals surface area contributed by atoms with Gasteiger partial charge in [-0.05, 0) is 37.1 Å². The van der Waals surface area contributed by atoms with Crippen molar-refractivity contribution < 1.29 is 5.11 Å². The number of rotatable bonds is 3. The lowest BCUT2D eigenvalue weighted by molar-refractivity contribution is 0.310. The Labute approximate surface area is 146 Å². The number of aryl methyl sites for hydroxylation is 1. The highest BCUT2D eigenvalue weighted by atomic mass is 16.3. The average molecular weight is 332 g/mol. The number of aliphatic hydroxyl groups excluding tert-OH is 1. The van der Waals surface area contributed by atoms with Crippen LogP contribution in [0.5, 0.6) is 0 Å². The van der Waals surface area contributed by atoms with Crippen molar-refractivity contribution in [2.45, 2.75) is 19.9 Å². The van der Waals surface area contributed by atoms with Gasteiger partial charge in [0.15, 0.2) is 0 Å². The van der Waals surface area contributed by atoms with Gasteiger partial charge in [-0.1, -0.05) is 36.4 Å². The number of fused-ring (bicyclic) bond motifs is 1. The molecule has 0 saturated heterocycles. The minimum Gasteiger partial charge on any atom is -0.510 e. The van der Waals surface area contributed by atoms with Crippen molar-refractivity contribution in [3.8, 4) is 0 Å². The fourth-order valence-electron chi connectivity index (χ4n) is 3.33. The summed E-state index contributed by atoms with van der Waals surface area (Å²) in [5.74, 6) is 1.03. The summed E-state index contributed by atoms with van der Waals surface area (Å²) < 4.78 is 0. The number of nitrogens with zero attached hydrogens (tertiary/aromatic N) is 2. The van der Waals surface area contributed by atoms with Gasteiger partial charge in [-0.15, -0.1) is 0 Å². The second-order valence-electron chi connectivity index (χ2n) is 6.49. The van der Waals surface area contributed by atoms with Gasteiger partial charge in [-0.2, -0.15) is 0 Å². The summed E-state index contributed by atoms with van der Waals surface area (Å²) >= 11 is 0. The molecule has 4 rings (SSSR count). The van der Waals surface area contributed by atoms with E-state index in [0.29, 0.717) is 23.8 Å². The summed E-state index contributed by atoms with van der Waals surface area (Å²) in [6, 6.07) is 16.0. The predicted octanol–water partition coefficient (Wildman–Crippen LogP) is 4.19. The van der Waals surface area contributed by atoms with E-state index in [4.69, 9.17) is 5.41 Å². The molecule has 1 aromatic heterocycles. The van der Waals surface area contributed by atoms with Gasteiger partial charge in [-0.25, -0.2) is 4.98 Å². The first-order chi connectivity index (χ1) is 12.0. The number of imidazole rings is 1. The Morgan fingerprint density at radius 1 is 1.20 bits per heavy atom. The molecule has 1 atom stereocenters. The molecule has 2 heterocycles. The molecular formula is C20H20N4O. The van der Waals surface area contributed by atoms with Crippen molar-refractivity contribution in [3.05, 3.63) is 71.2 Å². The maximum Gasteiger partial charge on any atom is 0.145 e. The Morgan fingerprint density at radius 2 is 1.96 bits per heavy atom. The van der Waals surface area contributed by atoms with E-state index in [1.165, 1.54) is 0 Å². The molecule has 1 unspecified atom stereocenters. The highest BCUT2D eigenvalue weighted by Gasteiger charge is 2.33. The topological polar surface area (TPSA) is 76.0 Å². The molecule has 1 aliphatic rings. The van der Waals surface area contributed by atoms with Gasteiger partial charge >= 0.3 is 0 Å². The normalized spacial score (nSPS) is 16.1. The number of aromatic amines is 1. The van der Waals surface area contributed by atoms with Crippen molar-refractivity contribution in [3.63, 3.8) is 0 Å². The zero-order chi connectivity index (χ0) is 17.6. The minimum absolute atomic E-state index is 0.0000252. The number of H-pyrrole nitrogens is 1. The first kappa shape index (κ1) is 15.4. The van der Waals surface area contributed by atoms with E-state index < -0.39 is 0 Å². The van der Waals surface area contributed by atoms with Gasteiger partial charge < -0.3 is 15.0 Å². The van der Waals surface area contributed by atoms with E-state index in [0.717, 1.165) is 22.2 Å². The van der Waals surface area contributed by atoms with Crippen LogP contribution in [0.25, 0.3) is 16.6 Å². The van der Waals surface area contributed by atoms with Crippen LogP contribution >= 0.6 is 0 Å². The molecular weight excluding hydrogens is 312 g/mol. The van der Waals surface area contributed by atoms with Crippen LogP contribution in [-0.4, -0.2) is 32.4 Å². The average Bonchev–Trinajstić information content (AvgIpc) is 3.14. The molecule has 3 N–H and O–H groups in total. The van der Waals surface area contributed by atoms with Gasteiger partial charge in [0.05, 0.1) is 29.2 Å². The third kappa shape index (κ3) is 2.58. The maximum atomic E-state index is 10.5. The first-order valence-corrected chi connectivity index (χ1v) is 8.34. The summed E-state index contributed by atoms with van der Waals surface area (Å²) in [5, 5.41) is 19.1. The lowest BCUT2D eigenvalue weighted by atomic mass is 10.1. The zero-order valence-electron chi connectivity index (χ0n) is 14.2. The fourth-order valence-corrected chi connectivity index (χ4v) is 3.33. The van der Waals surface area contributed by atoms with Gasteiger partial charge in [0.2, 0.25) is 0 Å². The second kappa shape index (κ2) is 5.77. The van der Waals surface area contributed by atoms with E-state index >= 15 is 0 Å². The van der Waals surface area contributed by atoms with Crippen LogP contribution in [0.3, 0.4) is 0 Å². The van der Waals surface area contributed by atoms with Crippen molar-refractivity contribution in [2.75, 3.05) is 6.54 Å². The molecule has 1 aliphatic heterocycles. The predicted molar refractivity (Wildman–Crippen MR) is 99.7 cm³/mol. The van der Waals surface area contributed by atoms with Crippen molar-refractivity contribution in [2.24, 2.45) is 0 Å². The Balaban J connectivity index is 1.68. The molecule has 3 aromatic rings. The van der Waals surface area contributed by atoms with E-state index in [-0.39, 0.29) is 11.8 Å². The molecule has 0 bridgehead atoms. The Morgan fingerprint density at radius 3 is 2.72 bits per heavy atom. The summed E-state index contributed by atoms with van der Waals surface area (Å²) in [6.07, 6.45) is 0. The van der Waals surface area contributed by atoms with E-state index in [1.54, 1.807) is 0 Å². The summed E-state index contributed by atoms with van der Waals surface area (Å²) in [6.45, 7) is 4.39. The number of aromatic nitrogens is 2. The summed E-state index contributed by atoms with van der Waals surface area (Å²) in [5.41, 5.74) is 4.49. The number of nitrogens with one attached hydrogen (secondary N) is 2. The number of hydrogen-bond acceptors (Lipinski definition) is 3. The van der Waals surface area contributed by atoms with E-state index in [1.807, 2.05) is 67.3 Å². The van der Waals surface area contributed by atoms with Crippen LogP contribution in [0.2, 0.25) is 0 Å². The molecule has 5 heteroatoms. The number of amidine groups is 1. The van der Waals surface area contributed by atoms with Crippen molar-refractivity contribution in [1.82, 2.24) is 14.9 Å². The smallest absolute Gasteiger partial charge is 0.145 e. The van der Waals surface area contributed by atoms with Gasteiger partial charge in [0, 0.05) is 0 Å². The minimum atomic E-state index is -0.0000252. The SMILES string of the molecule is Cc1ccc2nc(C3=C(O)CN(C(C)c4ccccc4)C3=N)[nH]c2c1. The molecule has 5 nitrogen and oxygen atoms in total. The molecule has 0 saturated carbocycles. The largest absolute Gasteiger partial charge is 0.510 e. The molecule has 0 amide bonds. The van der Waals surface area contributed by atoms with Gasteiger partial charge in [0.25, 0.3) is 0 Å². The van der Waals surface area contributed by atoms with E-state index in [9.17, 15) is 5.11 Å². The Bertz CT molecular complexity index is 987. The van der Waals surface area contributed by atoms with Crippen LogP contribution in [-0.2, 0) is 0 Å². The number of hydrogen-bond donors (Lipinski definition) is 3. The molecule has 2 aromatic carbocycles. The summed E-state index contributed by atoms with van der Waals surface area (Å²) in [4.78, 5) is 9.69. The Kier molecular flexibility index (Phi) is 3.57. The Hall–Kier alpha value is -3.08. The quantitative estimate of drug-likeness (QED) is 0.673. The number of benzene rings is 2. The lowest BCUT2D eigenvalue weighted by Gasteiger charge is -2.26. The monoisotopic (exact) mass is 332 g/mol. The third-order valence-electron chi connectivity index (χ3n) is 4.76. The second-order valence-corrected chi connectivity index (χ2v) is 6.49. The number of aliphatic hydroxyl groups is 1. The zero-order valence-corrected chi connectivity index (χ0v) is 14.2. The fraction of sp³-hybridized carbons (Fsp3) is 0.200. The van der Waals surface area contributed by atoms with E-state index in [2.05, 4.69) is 9.97 Å². The lowest BCUT2D eigenvalue weighted by Crippen LogP contribution is -2.29. The molecule has 0 aliphatic carbocycles. The van der Waals surface area contributed by atoms with Crippen LogP contribution in [0.4, 0.5) is 0 Å². The standard InChI is InChI=1S/C20H20N4O/c1-12-8-9-15-16(10-12)23-20(22-15)18-17(25)11-24(19(18)21)13(2)14-6-4-3-5-7-14/h3-10,13,21,25H,11H2,1-2H3,(H,22,23). The van der Waals surface area contributed by atoms with Gasteiger partial charge in [0.1, 0.15) is 17.4 Å². The van der Waals surface area contributed by atoms with Crippen molar-refractivity contribution >= 4 is 22.4 Å². The molecule has 0 spiro atoms. The van der Waals surface area contributed by atoms with Crippen molar-refractivity contribution in [1.29, 1.82) is 5.41 Å². The molecule has 25 heavy (non-hydrogen) atoms. The van der Waals surface area contributed by atoms with Crippen LogP contribution < -0.4 is 0 Å². The molecule has 126 valence electrons. The van der Waals surface area contributed by atoms with Crippen LogP contribution in [0.15, 0.2) is 54.3 Å². The third-order valence-corrected chi connectivity index (χ3v) is 4.76. The van der Waals surface area contributed by atoms with Crippen LogP contribution in [0, 0.1) is 12.3 Å². The maximum absolute atomic E-state index is 10.5. The van der Waals surface area contributed by atoms with Crippen LogP contribution in [0.1, 0.15) is 29.9 Å². The highest BCUT2D eigenvalue weighted by molar-refractivity contribution is 6.23.